The average molecular weight is 183 g/mol. The maximum atomic E-state index is 5.97. The fourth-order valence-electron chi connectivity index (χ4n) is 1.47. The number of hydrogen-bond acceptors (Lipinski definition) is 1. The summed E-state index contributed by atoms with van der Waals surface area (Å²) in [6.45, 7) is 8.48. The summed E-state index contributed by atoms with van der Waals surface area (Å²) in [6, 6.07) is 0.351. The zero-order chi connectivity index (χ0) is 10.1. The highest BCUT2D eigenvalue weighted by molar-refractivity contribution is 4.96. The number of hydrogen-bond donors (Lipinski definition) is 1. The van der Waals surface area contributed by atoms with Gasteiger partial charge in [0.2, 0.25) is 0 Å². The van der Waals surface area contributed by atoms with Crippen LogP contribution in [0.4, 0.5) is 0 Å². The Morgan fingerprint density at radius 3 is 2.38 bits per heavy atom. The van der Waals surface area contributed by atoms with Crippen LogP contribution in [0.25, 0.3) is 0 Å². The molecule has 1 nitrogen and oxygen atoms in total. The quantitative estimate of drug-likeness (QED) is 0.571. The van der Waals surface area contributed by atoms with E-state index in [2.05, 4.69) is 20.4 Å². The minimum Gasteiger partial charge on any atom is -0.327 e. The molecule has 0 aromatic rings. The third-order valence-electron chi connectivity index (χ3n) is 2.36. The van der Waals surface area contributed by atoms with E-state index in [-0.39, 0.29) is 0 Å². The van der Waals surface area contributed by atoms with E-state index in [0.717, 1.165) is 19.3 Å². The zero-order valence-electron chi connectivity index (χ0n) is 9.31. The normalized spacial score (nSPS) is 12.8. The van der Waals surface area contributed by atoms with Gasteiger partial charge in [-0.15, -0.1) is 0 Å². The molecular formula is C12H25N. The van der Waals surface area contributed by atoms with Gasteiger partial charge in [0.1, 0.15) is 0 Å². The molecule has 0 aromatic heterocycles. The third kappa shape index (κ3) is 8.04. The van der Waals surface area contributed by atoms with Crippen molar-refractivity contribution in [2.75, 3.05) is 0 Å². The predicted octanol–water partition coefficient (Wildman–Crippen LogP) is 3.64. The summed E-state index contributed by atoms with van der Waals surface area (Å²) >= 11 is 0. The molecule has 0 amide bonds. The van der Waals surface area contributed by atoms with Crippen LogP contribution in [-0.4, -0.2) is 6.04 Å². The molecule has 13 heavy (non-hydrogen) atoms. The van der Waals surface area contributed by atoms with Crippen LogP contribution in [-0.2, 0) is 0 Å². The average Bonchev–Trinajstić information content (AvgIpc) is 2.11. The molecule has 0 radical (unpaired) electrons. The first-order valence-electron chi connectivity index (χ1n) is 5.62. The molecule has 0 aromatic carbocycles. The van der Waals surface area contributed by atoms with Crippen LogP contribution >= 0.6 is 0 Å². The predicted molar refractivity (Wildman–Crippen MR) is 60.8 cm³/mol. The summed E-state index contributed by atoms with van der Waals surface area (Å²) < 4.78 is 0. The molecular weight excluding hydrogens is 158 g/mol. The van der Waals surface area contributed by atoms with E-state index in [1.807, 2.05) is 0 Å². The Morgan fingerprint density at radius 1 is 1.23 bits per heavy atom. The van der Waals surface area contributed by atoms with E-state index in [9.17, 15) is 0 Å². The maximum absolute atomic E-state index is 5.97. The Kier molecular flexibility index (Phi) is 8.11. The number of unbranched alkanes of at least 4 members (excludes halogenated alkanes) is 2. The van der Waals surface area contributed by atoms with Gasteiger partial charge in [0.05, 0.1) is 0 Å². The van der Waals surface area contributed by atoms with Crippen LogP contribution in [0.2, 0.25) is 0 Å². The summed E-state index contributed by atoms with van der Waals surface area (Å²) in [6.07, 6.45) is 8.36. The van der Waals surface area contributed by atoms with Crippen molar-refractivity contribution in [1.29, 1.82) is 0 Å². The van der Waals surface area contributed by atoms with E-state index in [0.29, 0.717) is 6.04 Å². The van der Waals surface area contributed by atoms with Crippen LogP contribution < -0.4 is 5.73 Å². The summed E-state index contributed by atoms with van der Waals surface area (Å²) in [4.78, 5) is 0. The van der Waals surface area contributed by atoms with Gasteiger partial charge in [-0.2, -0.15) is 0 Å². The summed E-state index contributed by atoms with van der Waals surface area (Å²) in [5, 5.41) is 0. The molecule has 1 unspecified atom stereocenters. The molecule has 0 fully saturated rings. The van der Waals surface area contributed by atoms with Gasteiger partial charge >= 0.3 is 0 Å². The SMILES string of the molecule is C=C(CCCC)CC(N)CCCC. The van der Waals surface area contributed by atoms with Crippen molar-refractivity contribution in [2.45, 2.75) is 64.8 Å². The lowest BCUT2D eigenvalue weighted by Gasteiger charge is -2.12. The second-order valence-corrected chi connectivity index (χ2v) is 3.96. The largest absolute Gasteiger partial charge is 0.327 e. The second kappa shape index (κ2) is 8.31. The van der Waals surface area contributed by atoms with Gasteiger partial charge in [0.25, 0.3) is 0 Å². The van der Waals surface area contributed by atoms with Gasteiger partial charge < -0.3 is 5.73 Å². The van der Waals surface area contributed by atoms with Gasteiger partial charge in [-0.1, -0.05) is 45.3 Å². The molecule has 0 spiro atoms. The maximum Gasteiger partial charge on any atom is 0.00759 e. The van der Waals surface area contributed by atoms with Gasteiger partial charge in [-0.05, 0) is 25.7 Å². The first-order valence-corrected chi connectivity index (χ1v) is 5.62. The second-order valence-electron chi connectivity index (χ2n) is 3.96. The lowest BCUT2D eigenvalue weighted by molar-refractivity contribution is 0.561. The molecule has 0 rings (SSSR count). The summed E-state index contributed by atoms with van der Waals surface area (Å²) in [7, 11) is 0. The molecule has 0 saturated heterocycles. The summed E-state index contributed by atoms with van der Waals surface area (Å²) in [5.41, 5.74) is 7.31. The standard InChI is InChI=1S/C12H25N/c1-4-6-8-11(3)10-12(13)9-7-5-2/h12H,3-10,13H2,1-2H3. The smallest absolute Gasteiger partial charge is 0.00759 e. The minimum absolute atomic E-state index is 0.351. The van der Waals surface area contributed by atoms with Crippen molar-refractivity contribution in [1.82, 2.24) is 0 Å². The molecule has 0 aliphatic carbocycles. The van der Waals surface area contributed by atoms with Crippen LogP contribution in [0, 0.1) is 0 Å². The Hall–Kier alpha value is -0.300. The number of rotatable bonds is 8. The van der Waals surface area contributed by atoms with Crippen LogP contribution in [0.5, 0.6) is 0 Å². The lowest BCUT2D eigenvalue weighted by Crippen LogP contribution is -2.20. The molecule has 78 valence electrons. The van der Waals surface area contributed by atoms with Crippen LogP contribution in [0.3, 0.4) is 0 Å². The molecule has 0 aliphatic heterocycles. The van der Waals surface area contributed by atoms with Gasteiger partial charge in [0, 0.05) is 6.04 Å². The van der Waals surface area contributed by atoms with E-state index >= 15 is 0 Å². The molecule has 0 bridgehead atoms. The van der Waals surface area contributed by atoms with E-state index in [4.69, 9.17) is 5.73 Å². The van der Waals surface area contributed by atoms with Crippen LogP contribution in [0.1, 0.15) is 58.8 Å². The molecule has 0 aliphatic rings. The fraction of sp³-hybridized carbons (Fsp3) is 0.833. The van der Waals surface area contributed by atoms with Crippen LogP contribution in [0.15, 0.2) is 12.2 Å². The molecule has 0 saturated carbocycles. The molecule has 1 atom stereocenters. The Morgan fingerprint density at radius 2 is 1.85 bits per heavy atom. The monoisotopic (exact) mass is 183 g/mol. The van der Waals surface area contributed by atoms with E-state index < -0.39 is 0 Å². The first kappa shape index (κ1) is 12.7. The summed E-state index contributed by atoms with van der Waals surface area (Å²) in [5.74, 6) is 0. The molecule has 1 heteroatoms. The Balaban J connectivity index is 3.41. The highest BCUT2D eigenvalue weighted by Crippen LogP contribution is 2.13. The van der Waals surface area contributed by atoms with E-state index in [1.54, 1.807) is 0 Å². The van der Waals surface area contributed by atoms with Gasteiger partial charge in [-0.3, -0.25) is 0 Å². The van der Waals surface area contributed by atoms with Crippen molar-refractivity contribution >= 4 is 0 Å². The van der Waals surface area contributed by atoms with Crippen molar-refractivity contribution in [2.24, 2.45) is 5.73 Å². The topological polar surface area (TPSA) is 26.0 Å². The number of nitrogens with two attached hydrogens (primary N) is 1. The van der Waals surface area contributed by atoms with Crippen molar-refractivity contribution in [3.8, 4) is 0 Å². The fourth-order valence-corrected chi connectivity index (χ4v) is 1.47. The highest BCUT2D eigenvalue weighted by atomic mass is 14.6. The Bertz CT molecular complexity index is 129. The minimum atomic E-state index is 0.351. The first-order chi connectivity index (χ1) is 6.20. The van der Waals surface area contributed by atoms with E-state index in [1.165, 1.54) is 31.3 Å². The zero-order valence-corrected chi connectivity index (χ0v) is 9.31. The van der Waals surface area contributed by atoms with Crippen molar-refractivity contribution in [3.63, 3.8) is 0 Å². The highest BCUT2D eigenvalue weighted by Gasteiger charge is 2.03. The lowest BCUT2D eigenvalue weighted by atomic mass is 9.99. The van der Waals surface area contributed by atoms with Crippen molar-refractivity contribution < 1.29 is 0 Å². The van der Waals surface area contributed by atoms with Gasteiger partial charge in [0.15, 0.2) is 0 Å². The Labute approximate surface area is 83.4 Å². The third-order valence-corrected chi connectivity index (χ3v) is 2.36. The van der Waals surface area contributed by atoms with Gasteiger partial charge in [-0.25, -0.2) is 0 Å². The van der Waals surface area contributed by atoms with Crippen molar-refractivity contribution in [3.05, 3.63) is 12.2 Å². The molecule has 2 N–H and O–H groups in total. The molecule has 0 heterocycles.